The maximum Gasteiger partial charge on any atom is 0.136 e. The molecule has 0 bridgehead atoms. The minimum absolute atomic E-state index is 0.576. The summed E-state index contributed by atoms with van der Waals surface area (Å²) >= 11 is 0. The van der Waals surface area contributed by atoms with Gasteiger partial charge >= 0.3 is 0 Å². The molecule has 3 aliphatic rings. The summed E-state index contributed by atoms with van der Waals surface area (Å²) in [5, 5.41) is 4.80. The van der Waals surface area contributed by atoms with Gasteiger partial charge in [-0.3, -0.25) is 0 Å². The van der Waals surface area contributed by atoms with Crippen molar-refractivity contribution in [2.75, 3.05) is 4.90 Å². The van der Waals surface area contributed by atoms with E-state index in [-0.39, 0.29) is 0 Å². The monoisotopic (exact) mass is 978 g/mol. The number of fused-ring (bicyclic) bond motifs is 18. The van der Waals surface area contributed by atoms with Crippen molar-refractivity contribution < 1.29 is 4.42 Å². The highest BCUT2D eigenvalue weighted by Gasteiger charge is 2.52. The number of nitrogens with zero attached hydrogens (tertiary/aromatic N) is 2. The topological polar surface area (TPSA) is 21.3 Å². The Bertz CT molecular complexity index is 4710. The molecule has 1 atom stereocenters. The fraction of sp³-hybridized carbons (Fsp3) is 0.0270. The van der Waals surface area contributed by atoms with Crippen LogP contribution in [0.3, 0.4) is 0 Å². The lowest BCUT2D eigenvalue weighted by Crippen LogP contribution is -2.33. The molecule has 0 fully saturated rings. The van der Waals surface area contributed by atoms with Crippen LogP contribution in [-0.4, -0.2) is 4.57 Å². The van der Waals surface area contributed by atoms with E-state index in [0.29, 0.717) is 0 Å². The van der Waals surface area contributed by atoms with Gasteiger partial charge in [-0.2, -0.15) is 0 Å². The van der Waals surface area contributed by atoms with Crippen LogP contribution in [0.1, 0.15) is 44.5 Å². The van der Waals surface area contributed by atoms with Gasteiger partial charge in [0.2, 0.25) is 0 Å². The number of para-hydroxylation sites is 4. The van der Waals surface area contributed by atoms with Crippen LogP contribution in [0.25, 0.3) is 82.8 Å². The molecule has 1 spiro atoms. The predicted octanol–water partition coefficient (Wildman–Crippen LogP) is 18.9. The van der Waals surface area contributed by atoms with Crippen molar-refractivity contribution in [1.29, 1.82) is 0 Å². The number of rotatable bonds is 6. The molecule has 0 amide bonds. The molecule has 17 rings (SSSR count). The van der Waals surface area contributed by atoms with Gasteiger partial charge in [-0.15, -0.1) is 0 Å². The van der Waals surface area contributed by atoms with E-state index >= 15 is 0 Å². The van der Waals surface area contributed by atoms with Crippen molar-refractivity contribution in [3.05, 3.63) is 324 Å². The SMILES string of the molecule is c1ccc(C2(c3ccccc3)c3ccccc3-c3ccc(N(c4ccc(-c5ccc6c(c5)oc5ccccc56)cc4)c4cccc5c4-c4ccccc4C54c5ccccc5-n5c6ccccc6c6cccc4c65)cc32)cc1. The molecular formula is C74H46N2O. The van der Waals surface area contributed by atoms with E-state index in [1.807, 2.05) is 12.1 Å². The number of hydrogen-bond acceptors (Lipinski definition) is 2. The molecule has 2 aliphatic carbocycles. The molecule has 77 heavy (non-hydrogen) atoms. The highest BCUT2D eigenvalue weighted by Crippen LogP contribution is 2.64. The van der Waals surface area contributed by atoms with Crippen molar-refractivity contribution in [2.24, 2.45) is 0 Å². The Balaban J connectivity index is 0.938. The van der Waals surface area contributed by atoms with Crippen LogP contribution in [0.2, 0.25) is 0 Å². The largest absolute Gasteiger partial charge is 0.456 e. The molecule has 3 heterocycles. The Kier molecular flexibility index (Phi) is 8.69. The summed E-state index contributed by atoms with van der Waals surface area (Å²) in [4.78, 5) is 2.54. The average Bonchev–Trinajstić information content (AvgIpc) is 3.52. The fourth-order valence-corrected chi connectivity index (χ4v) is 14.5. The summed E-state index contributed by atoms with van der Waals surface area (Å²) in [5.74, 6) is 0. The predicted molar refractivity (Wildman–Crippen MR) is 316 cm³/mol. The molecular weight excluding hydrogens is 933 g/mol. The Morgan fingerprint density at radius 1 is 0.325 bits per heavy atom. The van der Waals surface area contributed by atoms with Gasteiger partial charge < -0.3 is 13.9 Å². The zero-order chi connectivity index (χ0) is 50.4. The number of furan rings is 1. The van der Waals surface area contributed by atoms with Gasteiger partial charge in [0.05, 0.1) is 33.2 Å². The Morgan fingerprint density at radius 2 is 0.896 bits per heavy atom. The third kappa shape index (κ3) is 5.54. The Labute approximate surface area is 445 Å². The van der Waals surface area contributed by atoms with Gasteiger partial charge in [-0.05, 0) is 133 Å². The number of hydrogen-bond donors (Lipinski definition) is 0. The second kappa shape index (κ2) is 15.8. The van der Waals surface area contributed by atoms with E-state index < -0.39 is 10.8 Å². The van der Waals surface area contributed by atoms with Crippen LogP contribution in [0.4, 0.5) is 17.1 Å². The first-order chi connectivity index (χ1) is 38.2. The minimum Gasteiger partial charge on any atom is -0.456 e. The van der Waals surface area contributed by atoms with Crippen LogP contribution in [0.15, 0.2) is 283 Å². The van der Waals surface area contributed by atoms with Crippen molar-refractivity contribution >= 4 is 60.8 Å². The van der Waals surface area contributed by atoms with Crippen LogP contribution < -0.4 is 4.90 Å². The molecule has 0 N–H and O–H groups in total. The lowest BCUT2D eigenvalue weighted by atomic mass is 9.65. The van der Waals surface area contributed by atoms with E-state index in [0.717, 1.165) is 50.1 Å². The summed E-state index contributed by atoms with van der Waals surface area (Å²) in [6.07, 6.45) is 0. The van der Waals surface area contributed by atoms with E-state index in [9.17, 15) is 0 Å². The second-order valence-corrected chi connectivity index (χ2v) is 21.0. The summed E-state index contributed by atoms with van der Waals surface area (Å²) in [5.41, 5.74) is 25.0. The first kappa shape index (κ1) is 42.4. The van der Waals surface area contributed by atoms with E-state index in [1.165, 1.54) is 94.3 Å². The molecule has 0 radical (unpaired) electrons. The van der Waals surface area contributed by atoms with Crippen LogP contribution >= 0.6 is 0 Å². The molecule has 12 aromatic carbocycles. The summed E-state index contributed by atoms with van der Waals surface area (Å²) in [6, 6.07) is 104. The van der Waals surface area contributed by atoms with Gasteiger partial charge in [0.25, 0.3) is 0 Å². The van der Waals surface area contributed by atoms with Gasteiger partial charge in [-0.1, -0.05) is 218 Å². The normalized spacial score (nSPS) is 15.2. The minimum atomic E-state index is -0.609. The first-order valence-corrected chi connectivity index (χ1v) is 26.7. The highest BCUT2D eigenvalue weighted by molar-refractivity contribution is 6.13. The molecule has 358 valence electrons. The van der Waals surface area contributed by atoms with Gasteiger partial charge in [0.15, 0.2) is 0 Å². The van der Waals surface area contributed by atoms with Crippen molar-refractivity contribution in [1.82, 2.24) is 4.57 Å². The molecule has 1 aliphatic heterocycles. The van der Waals surface area contributed by atoms with Gasteiger partial charge in [0.1, 0.15) is 11.2 Å². The Hall–Kier alpha value is -9.96. The van der Waals surface area contributed by atoms with Crippen molar-refractivity contribution in [2.45, 2.75) is 10.8 Å². The smallest absolute Gasteiger partial charge is 0.136 e. The summed E-state index contributed by atoms with van der Waals surface area (Å²) in [7, 11) is 0. The fourth-order valence-electron chi connectivity index (χ4n) is 14.5. The van der Waals surface area contributed by atoms with Gasteiger partial charge in [0, 0.05) is 38.5 Å². The van der Waals surface area contributed by atoms with E-state index in [2.05, 4.69) is 276 Å². The first-order valence-electron chi connectivity index (χ1n) is 26.7. The summed E-state index contributed by atoms with van der Waals surface area (Å²) in [6.45, 7) is 0. The van der Waals surface area contributed by atoms with Crippen molar-refractivity contribution in [3.8, 4) is 39.1 Å². The number of benzene rings is 12. The standard InChI is InChI=1S/C74H46N2O/c1-3-19-49(20-4-1)73(50-21-5-2-6-22-50)60-28-11-7-23-53(60)54-44-42-52(46-65(54)73)75(51-40-37-47(38-41-51)48-39-43-57-56-25-10-16-36-69(56)77-70(57)45-48)68-35-18-31-63-71(68)59-26-8-12-29-61(59)74(63)62-30-13-15-34-67(62)76-66-33-14-9-24-55(66)58-27-17-32-64(74)72(58)76/h1-46H. The molecule has 14 aromatic rings. The lowest BCUT2D eigenvalue weighted by Gasteiger charge is -2.39. The van der Waals surface area contributed by atoms with Crippen LogP contribution in [0.5, 0.6) is 0 Å². The molecule has 0 saturated carbocycles. The van der Waals surface area contributed by atoms with Crippen LogP contribution in [0, 0.1) is 0 Å². The van der Waals surface area contributed by atoms with Crippen LogP contribution in [-0.2, 0) is 10.8 Å². The molecule has 1 unspecified atom stereocenters. The third-order valence-corrected chi connectivity index (χ3v) is 17.5. The van der Waals surface area contributed by atoms with Gasteiger partial charge in [-0.25, -0.2) is 0 Å². The summed E-state index contributed by atoms with van der Waals surface area (Å²) < 4.78 is 8.94. The zero-order valence-corrected chi connectivity index (χ0v) is 41.9. The zero-order valence-electron chi connectivity index (χ0n) is 41.9. The molecule has 3 nitrogen and oxygen atoms in total. The van der Waals surface area contributed by atoms with E-state index in [1.54, 1.807) is 0 Å². The second-order valence-electron chi connectivity index (χ2n) is 21.0. The highest BCUT2D eigenvalue weighted by atomic mass is 16.3. The average molecular weight is 979 g/mol. The molecule has 3 heteroatoms. The number of aromatic nitrogens is 1. The molecule has 2 aromatic heterocycles. The lowest BCUT2D eigenvalue weighted by molar-refractivity contribution is 0.669. The third-order valence-electron chi connectivity index (χ3n) is 17.5. The van der Waals surface area contributed by atoms with E-state index in [4.69, 9.17) is 4.42 Å². The number of anilines is 3. The maximum absolute atomic E-state index is 6.42. The van der Waals surface area contributed by atoms with Crippen molar-refractivity contribution in [3.63, 3.8) is 0 Å². The molecule has 0 saturated heterocycles. The maximum atomic E-state index is 6.42. The quantitative estimate of drug-likeness (QED) is 0.166. The Morgan fingerprint density at radius 3 is 1.70 bits per heavy atom.